The summed E-state index contributed by atoms with van der Waals surface area (Å²) in [5.74, 6) is 0. The first-order valence-electron chi connectivity index (χ1n) is 13.6. The topological polar surface area (TPSA) is 9.86 Å². The number of para-hydroxylation sites is 2. The van der Waals surface area contributed by atoms with Crippen molar-refractivity contribution in [2.24, 2.45) is 0 Å². The van der Waals surface area contributed by atoms with E-state index in [1.54, 1.807) is 0 Å². The summed E-state index contributed by atoms with van der Waals surface area (Å²) in [7, 11) is 0. The molecule has 0 fully saturated rings. The Labute approximate surface area is 229 Å². The van der Waals surface area contributed by atoms with E-state index in [0.717, 1.165) is 12.8 Å². The van der Waals surface area contributed by atoms with Crippen LogP contribution in [-0.2, 0) is 6.42 Å². The second kappa shape index (κ2) is 7.95. The van der Waals surface area contributed by atoms with Gasteiger partial charge < -0.3 is 9.13 Å². The molecule has 1 aliphatic carbocycles. The number of hydrogen-bond donors (Lipinski definition) is 0. The van der Waals surface area contributed by atoms with Crippen LogP contribution in [-0.4, -0.2) is 9.13 Å². The van der Waals surface area contributed by atoms with Crippen molar-refractivity contribution < 1.29 is 0 Å². The number of aryl methyl sites for hydroxylation is 1. The molecule has 1 aliphatic rings. The summed E-state index contributed by atoms with van der Waals surface area (Å²) >= 11 is 1.88. The summed E-state index contributed by atoms with van der Waals surface area (Å²) in [5.41, 5.74) is 9.04. The molecule has 0 N–H and O–H groups in total. The molecule has 184 valence electrons. The van der Waals surface area contributed by atoms with Gasteiger partial charge in [0.15, 0.2) is 0 Å². The minimum Gasteiger partial charge on any atom is -0.310 e. The Morgan fingerprint density at radius 2 is 1.36 bits per heavy atom. The smallest absolute Gasteiger partial charge is 0.0638 e. The molecule has 0 saturated carbocycles. The van der Waals surface area contributed by atoms with E-state index in [2.05, 4.69) is 130 Å². The fourth-order valence-corrected chi connectivity index (χ4v) is 7.84. The third-order valence-corrected chi connectivity index (χ3v) is 9.53. The van der Waals surface area contributed by atoms with Gasteiger partial charge in [-0.2, -0.15) is 0 Å². The van der Waals surface area contributed by atoms with Gasteiger partial charge in [-0.05, 0) is 73.0 Å². The van der Waals surface area contributed by atoms with Gasteiger partial charge in [-0.1, -0.05) is 66.7 Å². The third-order valence-electron chi connectivity index (χ3n) is 8.38. The highest BCUT2D eigenvalue weighted by molar-refractivity contribution is 7.25. The van der Waals surface area contributed by atoms with Crippen molar-refractivity contribution in [3.63, 3.8) is 0 Å². The maximum absolute atomic E-state index is 2.52. The van der Waals surface area contributed by atoms with E-state index >= 15 is 0 Å². The zero-order chi connectivity index (χ0) is 25.5. The van der Waals surface area contributed by atoms with Crippen LogP contribution in [0.2, 0.25) is 0 Å². The number of aromatic nitrogens is 2. The van der Waals surface area contributed by atoms with E-state index in [1.807, 2.05) is 11.3 Å². The Morgan fingerprint density at radius 1 is 0.564 bits per heavy atom. The Hall–Kier alpha value is -4.60. The summed E-state index contributed by atoms with van der Waals surface area (Å²) in [6, 6.07) is 40.2. The molecule has 2 nitrogen and oxygen atoms in total. The summed E-state index contributed by atoms with van der Waals surface area (Å²) in [6.07, 6.45) is 6.78. The van der Waals surface area contributed by atoms with Crippen LogP contribution < -0.4 is 0 Å². The third kappa shape index (κ3) is 2.91. The Bertz CT molecular complexity index is 2270. The van der Waals surface area contributed by atoms with Crippen LogP contribution in [0.25, 0.3) is 70.3 Å². The van der Waals surface area contributed by atoms with Gasteiger partial charge in [0.2, 0.25) is 0 Å². The summed E-state index contributed by atoms with van der Waals surface area (Å²) in [6.45, 7) is 0. The Kier molecular flexibility index (Phi) is 4.35. The summed E-state index contributed by atoms with van der Waals surface area (Å²) < 4.78 is 7.66. The lowest BCUT2D eigenvalue weighted by Crippen LogP contribution is -1.99. The number of thiophene rings is 1. The molecule has 9 rings (SSSR count). The average molecular weight is 517 g/mol. The fraction of sp³-hybridized carbons (Fsp3) is 0.0556. The largest absolute Gasteiger partial charge is 0.310 e. The number of fused-ring (bicyclic) bond motifs is 10. The minimum atomic E-state index is 1.05. The second-order valence-corrected chi connectivity index (χ2v) is 11.5. The molecule has 0 bridgehead atoms. The van der Waals surface area contributed by atoms with Crippen LogP contribution in [0.3, 0.4) is 0 Å². The van der Waals surface area contributed by atoms with Gasteiger partial charge in [0.05, 0.1) is 16.6 Å². The van der Waals surface area contributed by atoms with Crippen molar-refractivity contribution in [1.29, 1.82) is 0 Å². The van der Waals surface area contributed by atoms with Crippen LogP contribution in [0, 0.1) is 0 Å². The van der Waals surface area contributed by atoms with Crippen molar-refractivity contribution in [1.82, 2.24) is 9.13 Å². The van der Waals surface area contributed by atoms with Crippen LogP contribution in [0.5, 0.6) is 0 Å². The van der Waals surface area contributed by atoms with Gasteiger partial charge in [0.1, 0.15) is 0 Å². The number of nitrogens with zero attached hydrogens (tertiary/aromatic N) is 2. The quantitative estimate of drug-likeness (QED) is 0.216. The maximum Gasteiger partial charge on any atom is 0.0638 e. The molecule has 0 saturated heterocycles. The molecular formula is C36H24N2S. The van der Waals surface area contributed by atoms with Crippen molar-refractivity contribution in [2.45, 2.75) is 12.8 Å². The van der Waals surface area contributed by atoms with E-state index in [0.29, 0.717) is 0 Å². The van der Waals surface area contributed by atoms with Crippen LogP contribution in [0.4, 0.5) is 0 Å². The van der Waals surface area contributed by atoms with Crippen LogP contribution >= 0.6 is 11.3 Å². The maximum atomic E-state index is 2.52. The standard InChI is InChI=1S/C36H24N2S/c1-2-10-23(11-3-1)37-31-16-8-5-14-28(31)35-32(37)20-19-27-25-12-4-7-15-30(25)38(36(27)35)24-18-21-34-29(22-24)26-13-6-9-17-33(26)39-34/h1-4,6-13,15-22H,5,14H2. The molecule has 3 heteroatoms. The van der Waals surface area contributed by atoms with E-state index in [9.17, 15) is 0 Å². The first-order chi connectivity index (χ1) is 19.4. The van der Waals surface area contributed by atoms with Gasteiger partial charge in [-0.15, -0.1) is 11.3 Å². The molecule has 0 spiro atoms. The average Bonchev–Trinajstić information content (AvgIpc) is 3.64. The molecule has 0 amide bonds. The lowest BCUT2D eigenvalue weighted by molar-refractivity contribution is 0.967. The van der Waals surface area contributed by atoms with Crippen molar-refractivity contribution in [3.8, 4) is 11.4 Å². The van der Waals surface area contributed by atoms with E-state index in [1.165, 1.54) is 75.5 Å². The normalized spacial score (nSPS) is 13.3. The van der Waals surface area contributed by atoms with Gasteiger partial charge >= 0.3 is 0 Å². The lowest BCUT2D eigenvalue weighted by atomic mass is 9.99. The van der Waals surface area contributed by atoms with Crippen molar-refractivity contribution in [3.05, 3.63) is 127 Å². The Balaban J connectivity index is 1.47. The summed E-state index contributed by atoms with van der Waals surface area (Å²) in [4.78, 5) is 0. The van der Waals surface area contributed by atoms with Gasteiger partial charge in [0.25, 0.3) is 0 Å². The van der Waals surface area contributed by atoms with E-state index < -0.39 is 0 Å². The first kappa shape index (κ1) is 21.3. The molecule has 0 unspecified atom stereocenters. The van der Waals surface area contributed by atoms with Crippen LogP contribution in [0.1, 0.15) is 17.7 Å². The molecule has 0 atom stereocenters. The molecule has 3 aromatic heterocycles. The fourth-order valence-electron chi connectivity index (χ4n) is 6.75. The molecule has 5 aromatic carbocycles. The van der Waals surface area contributed by atoms with E-state index in [-0.39, 0.29) is 0 Å². The number of rotatable bonds is 2. The monoisotopic (exact) mass is 516 g/mol. The second-order valence-electron chi connectivity index (χ2n) is 10.5. The molecule has 0 radical (unpaired) electrons. The first-order valence-corrected chi connectivity index (χ1v) is 14.4. The highest BCUT2D eigenvalue weighted by atomic mass is 32.1. The molecule has 3 heterocycles. The number of allylic oxidation sites excluding steroid dienone is 1. The van der Waals surface area contributed by atoms with Crippen LogP contribution in [0.15, 0.2) is 115 Å². The Morgan fingerprint density at radius 3 is 2.28 bits per heavy atom. The molecule has 8 aromatic rings. The predicted octanol–water partition coefficient (Wildman–Crippen LogP) is 10.1. The minimum absolute atomic E-state index is 1.05. The van der Waals surface area contributed by atoms with Crippen molar-refractivity contribution in [2.75, 3.05) is 0 Å². The zero-order valence-corrected chi connectivity index (χ0v) is 22.1. The highest BCUT2D eigenvalue weighted by Gasteiger charge is 2.24. The van der Waals surface area contributed by atoms with E-state index in [4.69, 9.17) is 0 Å². The lowest BCUT2D eigenvalue weighted by Gasteiger charge is -2.11. The number of benzene rings is 5. The number of hydrogen-bond acceptors (Lipinski definition) is 1. The predicted molar refractivity (Wildman–Crippen MR) is 168 cm³/mol. The molecule has 0 aliphatic heterocycles. The highest BCUT2D eigenvalue weighted by Crippen LogP contribution is 2.43. The molecule has 39 heavy (non-hydrogen) atoms. The summed E-state index contributed by atoms with van der Waals surface area (Å²) in [5, 5.41) is 6.66. The zero-order valence-electron chi connectivity index (χ0n) is 21.3. The SMILES string of the molecule is C1=Cc2c(c3c(ccc4c5ccccc5n(-c5ccc6sc7ccccc7c6c5)c43)n2-c2ccccc2)CC1. The van der Waals surface area contributed by atoms with Gasteiger partial charge in [-0.25, -0.2) is 0 Å². The van der Waals surface area contributed by atoms with Crippen molar-refractivity contribution >= 4 is 70.3 Å². The van der Waals surface area contributed by atoms with Gasteiger partial charge in [0, 0.05) is 53.4 Å². The van der Waals surface area contributed by atoms with Gasteiger partial charge in [-0.3, -0.25) is 0 Å². The molecular weight excluding hydrogens is 492 g/mol.